The van der Waals surface area contributed by atoms with Gasteiger partial charge in [-0.15, -0.1) is 0 Å². The largest absolute Gasteiger partial charge is 0.368 e. The summed E-state index contributed by atoms with van der Waals surface area (Å²) in [6.07, 6.45) is 4.11. The highest BCUT2D eigenvalue weighted by Gasteiger charge is 2.29. The molecule has 0 radical (unpaired) electrons. The highest BCUT2D eigenvalue weighted by Crippen LogP contribution is 2.23. The monoisotopic (exact) mass is 213 g/mol. The summed E-state index contributed by atoms with van der Waals surface area (Å²) in [7, 11) is 0. The number of hydrogen-bond acceptors (Lipinski definition) is 3. The van der Waals surface area contributed by atoms with Crippen LogP contribution in [0.25, 0.3) is 0 Å². The first-order valence-electron chi connectivity index (χ1n) is 5.36. The van der Waals surface area contributed by atoms with Crippen molar-refractivity contribution < 1.29 is 9.59 Å². The highest BCUT2D eigenvalue weighted by atomic mass is 16.2. The van der Waals surface area contributed by atoms with Gasteiger partial charge in [-0.2, -0.15) is 0 Å². The fourth-order valence-electron chi connectivity index (χ4n) is 2.03. The number of carbonyl (C=O) groups excluding carboxylic acids is 2. The van der Waals surface area contributed by atoms with Crippen molar-refractivity contribution in [2.45, 2.75) is 44.7 Å². The molecule has 5 nitrogen and oxygen atoms in total. The van der Waals surface area contributed by atoms with Crippen molar-refractivity contribution in [2.75, 3.05) is 6.54 Å². The van der Waals surface area contributed by atoms with E-state index in [9.17, 15) is 9.59 Å². The zero-order valence-corrected chi connectivity index (χ0v) is 9.11. The topological polar surface area (TPSA) is 89.4 Å². The molecule has 86 valence electrons. The normalized spacial score (nSPS) is 18.8. The Balaban J connectivity index is 2.67. The lowest BCUT2D eigenvalue weighted by Crippen LogP contribution is -2.50. The van der Waals surface area contributed by atoms with Gasteiger partial charge in [0.15, 0.2) is 0 Å². The summed E-state index contributed by atoms with van der Waals surface area (Å²) in [5.41, 5.74) is 10.7. The van der Waals surface area contributed by atoms with Crippen LogP contribution in [0.1, 0.15) is 32.6 Å². The Labute approximate surface area is 89.8 Å². The molecule has 4 N–H and O–H groups in total. The molecular formula is C10H19N3O2. The minimum absolute atomic E-state index is 0.00889. The Bertz CT molecular complexity index is 247. The average molecular weight is 213 g/mol. The van der Waals surface area contributed by atoms with Gasteiger partial charge in [-0.05, 0) is 19.8 Å². The van der Waals surface area contributed by atoms with Crippen LogP contribution in [0.3, 0.4) is 0 Å². The molecule has 15 heavy (non-hydrogen) atoms. The molecule has 0 saturated heterocycles. The van der Waals surface area contributed by atoms with E-state index in [-0.39, 0.29) is 18.5 Å². The molecule has 1 fully saturated rings. The Morgan fingerprint density at radius 1 is 1.40 bits per heavy atom. The van der Waals surface area contributed by atoms with Crippen LogP contribution in [0.5, 0.6) is 0 Å². The lowest BCUT2D eigenvalue weighted by Gasteiger charge is -2.29. The summed E-state index contributed by atoms with van der Waals surface area (Å²) in [6.45, 7) is 1.62. The van der Waals surface area contributed by atoms with Crippen LogP contribution in [0.2, 0.25) is 0 Å². The van der Waals surface area contributed by atoms with Crippen molar-refractivity contribution in [3.05, 3.63) is 0 Å². The minimum atomic E-state index is -0.565. The second-order valence-electron chi connectivity index (χ2n) is 4.16. The van der Waals surface area contributed by atoms with E-state index < -0.39 is 11.9 Å². The lowest BCUT2D eigenvalue weighted by atomic mass is 10.1. The number of hydrogen-bond donors (Lipinski definition) is 2. The van der Waals surface area contributed by atoms with E-state index >= 15 is 0 Å². The van der Waals surface area contributed by atoms with Crippen LogP contribution in [0.4, 0.5) is 0 Å². The quantitative estimate of drug-likeness (QED) is 0.665. The summed E-state index contributed by atoms with van der Waals surface area (Å²) in [5.74, 6) is -0.656. The van der Waals surface area contributed by atoms with E-state index in [0.717, 1.165) is 25.7 Å². The number of amides is 2. The Kier molecular flexibility index (Phi) is 4.08. The molecule has 0 heterocycles. The van der Waals surface area contributed by atoms with Gasteiger partial charge >= 0.3 is 0 Å². The summed E-state index contributed by atoms with van der Waals surface area (Å²) in [4.78, 5) is 24.2. The second kappa shape index (κ2) is 5.11. The molecule has 0 aliphatic heterocycles. The Morgan fingerprint density at radius 2 is 1.93 bits per heavy atom. The van der Waals surface area contributed by atoms with Gasteiger partial charge in [0.2, 0.25) is 11.8 Å². The molecule has 5 heteroatoms. The number of nitrogens with zero attached hydrogens (tertiary/aromatic N) is 1. The number of rotatable bonds is 4. The first-order valence-corrected chi connectivity index (χ1v) is 5.36. The third-order valence-electron chi connectivity index (χ3n) is 2.76. The number of primary amides is 1. The van der Waals surface area contributed by atoms with E-state index in [4.69, 9.17) is 11.5 Å². The molecule has 0 aromatic rings. The fourth-order valence-corrected chi connectivity index (χ4v) is 2.03. The SMILES string of the molecule is C[C@@H](N)C(=O)N(CC(N)=O)C1CCCC1. The molecule has 0 aromatic heterocycles. The highest BCUT2D eigenvalue weighted by molar-refractivity contribution is 5.86. The van der Waals surface area contributed by atoms with E-state index in [1.54, 1.807) is 11.8 Å². The maximum atomic E-state index is 11.8. The van der Waals surface area contributed by atoms with Crippen molar-refractivity contribution in [3.8, 4) is 0 Å². The molecule has 0 unspecified atom stereocenters. The number of carbonyl (C=O) groups is 2. The van der Waals surface area contributed by atoms with Gasteiger partial charge in [0, 0.05) is 6.04 Å². The van der Waals surface area contributed by atoms with Crippen LogP contribution >= 0.6 is 0 Å². The van der Waals surface area contributed by atoms with Gasteiger partial charge in [0.1, 0.15) is 0 Å². The first-order chi connectivity index (χ1) is 7.02. The molecule has 1 aliphatic rings. The van der Waals surface area contributed by atoms with E-state index in [2.05, 4.69) is 0 Å². The summed E-state index contributed by atoms with van der Waals surface area (Å²) >= 11 is 0. The Morgan fingerprint density at radius 3 is 2.33 bits per heavy atom. The van der Waals surface area contributed by atoms with E-state index in [1.165, 1.54) is 0 Å². The minimum Gasteiger partial charge on any atom is -0.368 e. The van der Waals surface area contributed by atoms with Crippen molar-refractivity contribution in [1.29, 1.82) is 0 Å². The smallest absolute Gasteiger partial charge is 0.239 e. The third-order valence-corrected chi connectivity index (χ3v) is 2.76. The molecule has 2 amide bonds. The fraction of sp³-hybridized carbons (Fsp3) is 0.800. The van der Waals surface area contributed by atoms with Crippen LogP contribution in [-0.4, -0.2) is 35.3 Å². The van der Waals surface area contributed by atoms with Crippen LogP contribution in [0.15, 0.2) is 0 Å². The maximum Gasteiger partial charge on any atom is 0.239 e. The van der Waals surface area contributed by atoms with Crippen molar-refractivity contribution >= 4 is 11.8 Å². The molecule has 1 saturated carbocycles. The average Bonchev–Trinajstić information content (AvgIpc) is 2.65. The van der Waals surface area contributed by atoms with Crippen LogP contribution in [-0.2, 0) is 9.59 Å². The van der Waals surface area contributed by atoms with Gasteiger partial charge in [0.25, 0.3) is 0 Å². The zero-order valence-electron chi connectivity index (χ0n) is 9.11. The van der Waals surface area contributed by atoms with Gasteiger partial charge in [-0.3, -0.25) is 9.59 Å². The molecule has 0 aromatic carbocycles. The molecular weight excluding hydrogens is 194 g/mol. The summed E-state index contributed by atoms with van der Waals surface area (Å²) in [6, 6.07) is -0.416. The summed E-state index contributed by atoms with van der Waals surface area (Å²) in [5, 5.41) is 0. The van der Waals surface area contributed by atoms with Crippen molar-refractivity contribution in [2.24, 2.45) is 11.5 Å². The van der Waals surface area contributed by atoms with Crippen molar-refractivity contribution in [3.63, 3.8) is 0 Å². The third kappa shape index (κ3) is 3.20. The second-order valence-corrected chi connectivity index (χ2v) is 4.16. The van der Waals surface area contributed by atoms with Gasteiger partial charge in [-0.1, -0.05) is 12.8 Å². The predicted octanol–water partition coefficient (Wildman–Crippen LogP) is -0.410. The van der Waals surface area contributed by atoms with Gasteiger partial charge in [0.05, 0.1) is 12.6 Å². The molecule has 0 bridgehead atoms. The summed E-state index contributed by atoms with van der Waals surface area (Å²) < 4.78 is 0. The zero-order chi connectivity index (χ0) is 11.4. The number of nitrogens with two attached hydrogens (primary N) is 2. The van der Waals surface area contributed by atoms with E-state index in [1.807, 2.05) is 0 Å². The standard InChI is InChI=1S/C10H19N3O2/c1-7(11)10(15)13(6-9(12)14)8-4-2-3-5-8/h7-8H,2-6,11H2,1H3,(H2,12,14)/t7-/m1/s1. The van der Waals surface area contributed by atoms with Gasteiger partial charge in [-0.25, -0.2) is 0 Å². The lowest BCUT2D eigenvalue weighted by molar-refractivity contribution is -0.138. The van der Waals surface area contributed by atoms with Crippen LogP contribution < -0.4 is 11.5 Å². The van der Waals surface area contributed by atoms with Crippen LogP contribution in [0, 0.1) is 0 Å². The Hall–Kier alpha value is -1.10. The maximum absolute atomic E-state index is 11.8. The first kappa shape index (κ1) is 12.0. The van der Waals surface area contributed by atoms with Gasteiger partial charge < -0.3 is 16.4 Å². The molecule has 1 atom stereocenters. The molecule has 1 rings (SSSR count). The molecule has 1 aliphatic carbocycles. The van der Waals surface area contributed by atoms with Crippen molar-refractivity contribution in [1.82, 2.24) is 4.90 Å². The van der Waals surface area contributed by atoms with E-state index in [0.29, 0.717) is 0 Å². The predicted molar refractivity (Wildman–Crippen MR) is 56.8 cm³/mol. The molecule has 0 spiro atoms.